The average Bonchev–Trinajstić information content (AvgIpc) is 2.92. The molecule has 1 aliphatic heterocycles. The number of aromatic nitrogens is 2. The van der Waals surface area contributed by atoms with Gasteiger partial charge in [-0.05, 0) is 34.5 Å². The minimum atomic E-state index is -0.130. The van der Waals surface area contributed by atoms with E-state index in [9.17, 15) is 0 Å². The molecule has 1 fully saturated rings. The first-order valence-electron chi connectivity index (χ1n) is 6.17. The van der Waals surface area contributed by atoms with E-state index in [2.05, 4.69) is 31.4 Å². The molecule has 2 aromatic rings. The largest absolute Gasteiger partial charge is 0.367 e. The second-order valence-corrected chi connectivity index (χ2v) is 5.25. The minimum absolute atomic E-state index is 0.130. The van der Waals surface area contributed by atoms with Gasteiger partial charge in [0.2, 0.25) is 5.82 Å². The molecule has 0 saturated carbocycles. The summed E-state index contributed by atoms with van der Waals surface area (Å²) in [4.78, 5) is 4.43. The van der Waals surface area contributed by atoms with Crippen LogP contribution in [-0.4, -0.2) is 29.8 Å². The van der Waals surface area contributed by atoms with Gasteiger partial charge in [-0.25, -0.2) is 0 Å². The van der Waals surface area contributed by atoms with Crippen LogP contribution in [0.4, 0.5) is 0 Å². The highest BCUT2D eigenvalue weighted by molar-refractivity contribution is 9.10. The number of hydrogen-bond donors (Lipinski definition) is 1. The van der Waals surface area contributed by atoms with Crippen molar-refractivity contribution in [3.8, 4) is 11.5 Å². The molecule has 0 amide bonds. The summed E-state index contributed by atoms with van der Waals surface area (Å²) in [7, 11) is 0. The maximum atomic E-state index is 5.61. The van der Waals surface area contributed by atoms with Crippen molar-refractivity contribution in [2.45, 2.75) is 13.0 Å². The van der Waals surface area contributed by atoms with Gasteiger partial charge in [-0.2, -0.15) is 4.98 Å². The summed E-state index contributed by atoms with van der Waals surface area (Å²) < 4.78 is 11.9. The second-order valence-electron chi connectivity index (χ2n) is 4.46. The molecular formula is C13H14BrN3O2. The normalized spacial score (nSPS) is 19.6. The lowest BCUT2D eigenvalue weighted by Gasteiger charge is -2.20. The first kappa shape index (κ1) is 12.8. The third-order valence-electron chi connectivity index (χ3n) is 3.08. The molecule has 1 atom stereocenters. The highest BCUT2D eigenvalue weighted by Crippen LogP contribution is 2.30. The van der Waals surface area contributed by atoms with Crippen LogP contribution in [0.15, 0.2) is 27.2 Å². The van der Waals surface area contributed by atoms with Crippen LogP contribution >= 0.6 is 15.9 Å². The molecule has 0 radical (unpaired) electrons. The number of nitrogens with zero attached hydrogens (tertiary/aromatic N) is 2. The molecule has 3 rings (SSSR count). The minimum Gasteiger partial charge on any atom is -0.367 e. The number of nitrogens with one attached hydrogen (secondary N) is 1. The predicted molar refractivity (Wildman–Crippen MR) is 73.7 cm³/mol. The summed E-state index contributed by atoms with van der Waals surface area (Å²) in [6.07, 6.45) is -0.130. The predicted octanol–water partition coefficient (Wildman–Crippen LogP) is 2.47. The number of hydrogen-bond acceptors (Lipinski definition) is 5. The van der Waals surface area contributed by atoms with Crippen LogP contribution in [0.3, 0.4) is 0 Å². The number of aryl methyl sites for hydroxylation is 1. The third-order valence-corrected chi connectivity index (χ3v) is 4.13. The lowest BCUT2D eigenvalue weighted by Crippen LogP contribution is -2.33. The molecule has 1 saturated heterocycles. The van der Waals surface area contributed by atoms with Crippen LogP contribution in [0.1, 0.15) is 17.5 Å². The van der Waals surface area contributed by atoms with Crippen molar-refractivity contribution in [2.75, 3.05) is 19.7 Å². The molecule has 0 aliphatic carbocycles. The molecule has 1 aliphatic rings. The van der Waals surface area contributed by atoms with E-state index in [4.69, 9.17) is 9.26 Å². The van der Waals surface area contributed by atoms with Gasteiger partial charge >= 0.3 is 0 Å². The van der Waals surface area contributed by atoms with Gasteiger partial charge < -0.3 is 14.6 Å². The van der Waals surface area contributed by atoms with Gasteiger partial charge in [-0.3, -0.25) is 0 Å². The van der Waals surface area contributed by atoms with Crippen LogP contribution in [0.2, 0.25) is 0 Å². The monoisotopic (exact) mass is 323 g/mol. The Morgan fingerprint density at radius 2 is 2.32 bits per heavy atom. The van der Waals surface area contributed by atoms with Crippen molar-refractivity contribution in [3.63, 3.8) is 0 Å². The van der Waals surface area contributed by atoms with Gasteiger partial charge in [-0.1, -0.05) is 17.3 Å². The first-order chi connectivity index (χ1) is 9.25. The summed E-state index contributed by atoms with van der Waals surface area (Å²) in [6.45, 7) is 4.28. The Kier molecular flexibility index (Phi) is 3.63. The zero-order chi connectivity index (χ0) is 13.2. The maximum Gasteiger partial charge on any atom is 0.259 e. The van der Waals surface area contributed by atoms with E-state index in [-0.39, 0.29) is 6.10 Å². The zero-order valence-corrected chi connectivity index (χ0v) is 12.1. The van der Waals surface area contributed by atoms with E-state index >= 15 is 0 Å². The summed E-state index contributed by atoms with van der Waals surface area (Å²) in [6, 6.07) is 5.95. The van der Waals surface area contributed by atoms with Crippen molar-refractivity contribution >= 4 is 15.9 Å². The summed E-state index contributed by atoms with van der Waals surface area (Å²) in [5.41, 5.74) is 2.04. The second kappa shape index (κ2) is 5.40. The van der Waals surface area contributed by atoms with Crippen LogP contribution in [-0.2, 0) is 4.74 Å². The molecule has 0 bridgehead atoms. The Labute approximate surface area is 119 Å². The van der Waals surface area contributed by atoms with E-state index in [0.29, 0.717) is 24.9 Å². The Morgan fingerprint density at radius 3 is 3.11 bits per heavy atom. The lowest BCUT2D eigenvalue weighted by atomic mass is 10.1. The molecule has 1 N–H and O–H groups in total. The van der Waals surface area contributed by atoms with Crippen molar-refractivity contribution in [2.24, 2.45) is 0 Å². The number of morpholine rings is 1. The van der Waals surface area contributed by atoms with Gasteiger partial charge in [0, 0.05) is 17.6 Å². The summed E-state index contributed by atoms with van der Waals surface area (Å²) >= 11 is 3.55. The Hall–Kier alpha value is -1.24. The molecule has 0 spiro atoms. The SMILES string of the molecule is Cc1cccc(-c2nc(C3CNCCO3)no2)c1Br. The fourth-order valence-corrected chi connectivity index (χ4v) is 2.45. The van der Waals surface area contributed by atoms with Crippen LogP contribution in [0, 0.1) is 6.92 Å². The van der Waals surface area contributed by atoms with E-state index in [0.717, 1.165) is 22.1 Å². The molecule has 100 valence electrons. The molecular weight excluding hydrogens is 310 g/mol. The molecule has 5 nitrogen and oxygen atoms in total. The highest BCUT2D eigenvalue weighted by atomic mass is 79.9. The lowest BCUT2D eigenvalue weighted by molar-refractivity contribution is 0.0208. The Balaban J connectivity index is 1.90. The van der Waals surface area contributed by atoms with Crippen molar-refractivity contribution < 1.29 is 9.26 Å². The number of ether oxygens (including phenoxy) is 1. The van der Waals surface area contributed by atoms with E-state index in [1.807, 2.05) is 25.1 Å². The molecule has 1 aromatic carbocycles. The fourth-order valence-electron chi connectivity index (χ4n) is 2.02. The number of halogens is 1. The molecule has 6 heteroatoms. The van der Waals surface area contributed by atoms with Crippen molar-refractivity contribution in [1.29, 1.82) is 0 Å². The smallest absolute Gasteiger partial charge is 0.259 e. The molecule has 1 aromatic heterocycles. The van der Waals surface area contributed by atoms with Gasteiger partial charge in [0.15, 0.2) is 0 Å². The molecule has 1 unspecified atom stereocenters. The van der Waals surface area contributed by atoms with E-state index in [1.165, 1.54) is 0 Å². The van der Waals surface area contributed by atoms with Crippen LogP contribution in [0.5, 0.6) is 0 Å². The van der Waals surface area contributed by atoms with E-state index in [1.54, 1.807) is 0 Å². The standard InChI is InChI=1S/C13H14BrN3O2/c1-8-3-2-4-9(11(8)14)13-16-12(17-19-13)10-7-15-5-6-18-10/h2-4,10,15H,5-7H2,1H3. The summed E-state index contributed by atoms with van der Waals surface area (Å²) in [5.74, 6) is 1.11. The Bertz CT molecular complexity index is 579. The number of rotatable bonds is 2. The topological polar surface area (TPSA) is 60.2 Å². The average molecular weight is 324 g/mol. The zero-order valence-electron chi connectivity index (χ0n) is 10.5. The first-order valence-corrected chi connectivity index (χ1v) is 6.96. The summed E-state index contributed by atoms with van der Waals surface area (Å²) in [5, 5.41) is 7.26. The van der Waals surface area contributed by atoms with Crippen molar-refractivity contribution in [3.05, 3.63) is 34.1 Å². The van der Waals surface area contributed by atoms with E-state index < -0.39 is 0 Å². The van der Waals surface area contributed by atoms with Gasteiger partial charge in [0.25, 0.3) is 5.89 Å². The van der Waals surface area contributed by atoms with Gasteiger partial charge in [0.05, 0.1) is 12.2 Å². The third kappa shape index (κ3) is 2.56. The van der Waals surface area contributed by atoms with Gasteiger partial charge in [0.1, 0.15) is 6.10 Å². The van der Waals surface area contributed by atoms with Crippen molar-refractivity contribution in [1.82, 2.24) is 15.5 Å². The van der Waals surface area contributed by atoms with Crippen LogP contribution in [0.25, 0.3) is 11.5 Å². The fraction of sp³-hybridized carbons (Fsp3) is 0.385. The van der Waals surface area contributed by atoms with Crippen LogP contribution < -0.4 is 5.32 Å². The quantitative estimate of drug-likeness (QED) is 0.920. The maximum absolute atomic E-state index is 5.61. The Morgan fingerprint density at radius 1 is 1.42 bits per heavy atom. The highest BCUT2D eigenvalue weighted by Gasteiger charge is 2.22. The van der Waals surface area contributed by atoms with Gasteiger partial charge in [-0.15, -0.1) is 0 Å². The molecule has 2 heterocycles. The number of benzene rings is 1. The molecule has 19 heavy (non-hydrogen) atoms.